The molecule has 5 rings (SSSR count). The number of hydrogen-bond acceptors (Lipinski definition) is 25. The van der Waals surface area contributed by atoms with Gasteiger partial charge in [0.15, 0.2) is 31.5 Å². The van der Waals surface area contributed by atoms with E-state index in [1.807, 2.05) is 0 Å². The average molecular weight is 895 g/mol. The fraction of sp³-hybridized carbons (Fsp3) is 0.941. The minimum Gasteiger partial charge on any atom is -0.394 e. The van der Waals surface area contributed by atoms with Crippen LogP contribution in [0, 0.1) is 0 Å². The van der Waals surface area contributed by atoms with E-state index in [1.165, 1.54) is 6.92 Å². The van der Waals surface area contributed by atoms with Crippen molar-refractivity contribution in [3.8, 4) is 0 Å². The number of hydrogen-bond donors (Lipinski definition) is 16. The maximum atomic E-state index is 12.7. The molecule has 0 saturated carbocycles. The Morgan fingerprint density at radius 3 is 1.41 bits per heavy atom. The van der Waals surface area contributed by atoms with Gasteiger partial charge in [0.05, 0.1) is 32.5 Å². The third kappa shape index (κ3) is 10.8. The molecule has 61 heavy (non-hydrogen) atoms. The van der Waals surface area contributed by atoms with E-state index in [0.717, 1.165) is 13.8 Å². The van der Waals surface area contributed by atoms with Gasteiger partial charge in [0.25, 0.3) is 0 Å². The maximum Gasteiger partial charge on any atom is 0.217 e. The third-order valence-electron chi connectivity index (χ3n) is 11.1. The molecule has 5 heterocycles. The van der Waals surface area contributed by atoms with Crippen molar-refractivity contribution in [3.63, 3.8) is 0 Å². The molecule has 5 aliphatic heterocycles. The fourth-order valence-corrected chi connectivity index (χ4v) is 7.74. The topological polar surface area (TPSA) is 424 Å². The number of aliphatic hydroxyl groups excluding tert-OH is 14. The highest BCUT2D eigenvalue weighted by Gasteiger charge is 2.58. The zero-order valence-electron chi connectivity index (χ0n) is 33.0. The van der Waals surface area contributed by atoms with E-state index in [1.54, 1.807) is 0 Å². The van der Waals surface area contributed by atoms with Crippen molar-refractivity contribution in [2.45, 2.75) is 174 Å². The van der Waals surface area contributed by atoms with E-state index in [-0.39, 0.29) is 0 Å². The van der Waals surface area contributed by atoms with E-state index >= 15 is 0 Å². The van der Waals surface area contributed by atoms with Crippen molar-refractivity contribution in [2.24, 2.45) is 0 Å². The van der Waals surface area contributed by atoms with Crippen LogP contribution in [0.1, 0.15) is 20.8 Å². The van der Waals surface area contributed by atoms with Crippen LogP contribution < -0.4 is 10.6 Å². The monoisotopic (exact) mass is 894 g/mol. The van der Waals surface area contributed by atoms with E-state index in [4.69, 9.17) is 42.6 Å². The quantitative estimate of drug-likeness (QED) is 0.0770. The van der Waals surface area contributed by atoms with Gasteiger partial charge in [-0.2, -0.15) is 0 Å². The lowest BCUT2D eigenvalue weighted by Crippen LogP contribution is -2.71. The maximum absolute atomic E-state index is 12.7. The van der Waals surface area contributed by atoms with Gasteiger partial charge in [0.1, 0.15) is 116 Å². The van der Waals surface area contributed by atoms with Crippen molar-refractivity contribution >= 4 is 11.8 Å². The van der Waals surface area contributed by atoms with Crippen molar-refractivity contribution in [3.05, 3.63) is 0 Å². The highest BCUT2D eigenvalue weighted by Crippen LogP contribution is 2.37. The van der Waals surface area contributed by atoms with Gasteiger partial charge in [-0.3, -0.25) is 9.59 Å². The van der Waals surface area contributed by atoms with E-state index in [9.17, 15) is 81.1 Å². The number of carbonyl (C=O) groups excluding carboxylic acids is 2. The van der Waals surface area contributed by atoms with Gasteiger partial charge in [0.2, 0.25) is 11.8 Å². The number of ether oxygens (including phenoxy) is 9. The highest BCUT2D eigenvalue weighted by molar-refractivity contribution is 5.73. The summed E-state index contributed by atoms with van der Waals surface area (Å²) in [6.07, 6.45) is -42.2. The van der Waals surface area contributed by atoms with E-state index in [0.29, 0.717) is 0 Å². The van der Waals surface area contributed by atoms with Crippen LogP contribution >= 0.6 is 0 Å². The normalized spacial score (nSPS) is 49.6. The SMILES string of the molecule is CC(=O)N[C@H]1[C@H](O[C@H]2[C@@H](O)[C@@H](CO)O[C@@H](O[C@H]3[C@H](O)[C@@H](CO)O[C@@H](O[C@H]4[C@@H](O)[C@@H](CO)OC(O)[C@@H]4O)[C@@H]3NC(C)=O)[C@@H]2O[C@@H]2O[C@@H](C)[C@@H](O)[C@@H](O)[C@@H]2O)O[C@H](CO)[C@@H](O)[C@@H]1O. The predicted octanol–water partition coefficient (Wildman–Crippen LogP) is -10.6. The van der Waals surface area contributed by atoms with Gasteiger partial charge in [-0.15, -0.1) is 0 Å². The summed E-state index contributed by atoms with van der Waals surface area (Å²) in [6, 6.07) is -3.36. The molecule has 0 radical (unpaired) electrons. The Balaban J connectivity index is 1.57. The molecule has 5 saturated heterocycles. The number of aliphatic hydroxyl groups is 14. The Morgan fingerprint density at radius 1 is 0.426 bits per heavy atom. The highest BCUT2D eigenvalue weighted by atomic mass is 16.8. The molecule has 16 N–H and O–H groups in total. The molecular weight excluding hydrogens is 836 g/mol. The molecule has 2 amide bonds. The molecule has 0 spiro atoms. The van der Waals surface area contributed by atoms with Crippen molar-refractivity contribution in [1.29, 1.82) is 0 Å². The second-order valence-electron chi connectivity index (χ2n) is 15.4. The van der Waals surface area contributed by atoms with Crippen LogP contribution in [0.3, 0.4) is 0 Å². The van der Waals surface area contributed by atoms with Gasteiger partial charge in [-0.1, -0.05) is 0 Å². The Kier molecular flexibility index (Phi) is 17.5. The molecule has 5 aliphatic rings. The van der Waals surface area contributed by atoms with Crippen molar-refractivity contribution < 1.29 is 124 Å². The lowest BCUT2D eigenvalue weighted by atomic mass is 9.93. The second-order valence-corrected chi connectivity index (χ2v) is 15.4. The summed E-state index contributed by atoms with van der Waals surface area (Å²) < 4.78 is 52.2. The molecular formula is C34H58N2O25. The summed E-state index contributed by atoms with van der Waals surface area (Å²) in [7, 11) is 0. The first-order chi connectivity index (χ1) is 28.8. The van der Waals surface area contributed by atoms with Crippen LogP contribution in [0.25, 0.3) is 0 Å². The first-order valence-electron chi connectivity index (χ1n) is 19.5. The lowest BCUT2D eigenvalue weighted by molar-refractivity contribution is -0.399. The number of nitrogens with one attached hydrogen (secondary N) is 2. The summed E-state index contributed by atoms with van der Waals surface area (Å²) in [4.78, 5) is 24.9. The Labute approximate surface area is 346 Å². The van der Waals surface area contributed by atoms with Crippen LogP contribution in [0.2, 0.25) is 0 Å². The van der Waals surface area contributed by atoms with Crippen LogP contribution in [0.4, 0.5) is 0 Å². The first-order valence-corrected chi connectivity index (χ1v) is 19.5. The minimum atomic E-state index is -2.08. The minimum absolute atomic E-state index is 0.763. The average Bonchev–Trinajstić information content (AvgIpc) is 3.22. The Hall–Kier alpha value is -1.98. The van der Waals surface area contributed by atoms with Gasteiger partial charge in [-0.05, 0) is 6.92 Å². The Bertz CT molecular complexity index is 1420. The lowest BCUT2D eigenvalue weighted by Gasteiger charge is -2.51. The molecule has 25 atom stereocenters. The number of amides is 2. The third-order valence-corrected chi connectivity index (χ3v) is 11.1. The van der Waals surface area contributed by atoms with E-state index < -0.39 is 192 Å². The van der Waals surface area contributed by atoms with Crippen LogP contribution in [-0.2, 0) is 52.2 Å². The summed E-state index contributed by atoms with van der Waals surface area (Å²) in [5.74, 6) is -1.59. The molecule has 1 unspecified atom stereocenters. The molecule has 5 fully saturated rings. The van der Waals surface area contributed by atoms with Crippen LogP contribution in [0.15, 0.2) is 0 Å². The molecule has 354 valence electrons. The molecule has 0 bridgehead atoms. The molecule has 27 heteroatoms. The fourth-order valence-electron chi connectivity index (χ4n) is 7.74. The molecule has 0 aromatic carbocycles. The smallest absolute Gasteiger partial charge is 0.217 e. The summed E-state index contributed by atoms with van der Waals surface area (Å²) in [5.41, 5.74) is 0. The van der Waals surface area contributed by atoms with Crippen LogP contribution in [-0.4, -0.2) is 263 Å². The van der Waals surface area contributed by atoms with Gasteiger partial charge in [0, 0.05) is 13.8 Å². The zero-order valence-corrected chi connectivity index (χ0v) is 33.0. The zero-order chi connectivity index (χ0) is 45.2. The standard InChI is InChI=1S/C34H58N2O25/c1-8-17(43)23(49)24(50)33(53-8)61-29-28(60-31-15(35-9(2)41)22(48)18(44)11(4-37)55-31)21(47)14(7-40)57-34(29)58-26-16(36-10(3)42)32(56-13(6-39)19(26)45)59-27-20(46)12(5-38)54-30(52)25(27)51/h8,11-34,37-40,43-52H,4-7H2,1-3H3,(H,35,41)(H,36,42)/t8-,11+,12+,13+,14+,15+,16+,17+,18+,19+,20-,21-,22+,23+,24-,25+,26+,27-,28-,29+,30?,31-,32-,33-,34-/m0/s1. The second kappa shape index (κ2) is 21.3. The molecule has 27 nitrogen and oxygen atoms in total. The molecule has 0 aromatic heterocycles. The van der Waals surface area contributed by atoms with Crippen LogP contribution in [0.5, 0.6) is 0 Å². The summed E-state index contributed by atoms with van der Waals surface area (Å²) >= 11 is 0. The van der Waals surface area contributed by atoms with Crippen molar-refractivity contribution in [2.75, 3.05) is 26.4 Å². The van der Waals surface area contributed by atoms with Gasteiger partial charge < -0.3 is 125 Å². The number of carbonyl (C=O) groups is 2. The summed E-state index contributed by atoms with van der Waals surface area (Å²) in [5, 5.41) is 154. The van der Waals surface area contributed by atoms with Gasteiger partial charge in [-0.25, -0.2) is 0 Å². The predicted molar refractivity (Wildman–Crippen MR) is 188 cm³/mol. The molecule has 0 aliphatic carbocycles. The Morgan fingerprint density at radius 2 is 0.852 bits per heavy atom. The summed E-state index contributed by atoms with van der Waals surface area (Å²) in [6.45, 7) is -0.358. The van der Waals surface area contributed by atoms with E-state index in [2.05, 4.69) is 10.6 Å². The number of rotatable bonds is 14. The molecule has 0 aromatic rings. The van der Waals surface area contributed by atoms with Gasteiger partial charge >= 0.3 is 0 Å². The van der Waals surface area contributed by atoms with Crippen molar-refractivity contribution in [1.82, 2.24) is 10.6 Å². The first kappa shape index (κ1) is 50.0. The largest absolute Gasteiger partial charge is 0.394 e.